The van der Waals surface area contributed by atoms with Crippen molar-refractivity contribution in [1.29, 1.82) is 5.26 Å². The van der Waals surface area contributed by atoms with Gasteiger partial charge < -0.3 is 14.5 Å². The number of nitriles is 1. The lowest BCUT2D eigenvalue weighted by Gasteiger charge is -2.37. The average molecular weight is 419 g/mol. The molecule has 2 atom stereocenters. The van der Waals surface area contributed by atoms with E-state index in [4.69, 9.17) is 4.74 Å². The van der Waals surface area contributed by atoms with Crippen LogP contribution >= 0.6 is 0 Å². The minimum atomic E-state index is -0.928. The van der Waals surface area contributed by atoms with E-state index in [-0.39, 0.29) is 29.9 Å². The van der Waals surface area contributed by atoms with Gasteiger partial charge in [0.25, 0.3) is 11.8 Å². The van der Waals surface area contributed by atoms with E-state index in [1.807, 2.05) is 6.07 Å². The number of amides is 2. The summed E-state index contributed by atoms with van der Waals surface area (Å²) in [7, 11) is 0. The highest BCUT2D eigenvalue weighted by Crippen LogP contribution is 2.47. The SMILES string of the molecule is N#Cc1ccccc1C(=O)N1CCC2(CC1)O[C@@H]1CC[C@@H](c3cccc(F)c3)N1C2=O. The summed E-state index contributed by atoms with van der Waals surface area (Å²) in [5.41, 5.74) is 0.588. The van der Waals surface area contributed by atoms with Crippen molar-refractivity contribution in [1.82, 2.24) is 9.80 Å². The summed E-state index contributed by atoms with van der Waals surface area (Å²) in [6.45, 7) is 0.769. The molecule has 1 spiro atoms. The Balaban J connectivity index is 1.32. The number of carbonyl (C=O) groups excluding carboxylic acids is 2. The molecule has 158 valence electrons. The lowest BCUT2D eigenvalue weighted by Crippen LogP contribution is -2.51. The Morgan fingerprint density at radius 2 is 1.90 bits per heavy atom. The van der Waals surface area contributed by atoms with Gasteiger partial charge in [-0.15, -0.1) is 0 Å². The van der Waals surface area contributed by atoms with Gasteiger partial charge in [0, 0.05) is 25.9 Å². The summed E-state index contributed by atoms with van der Waals surface area (Å²) in [5, 5.41) is 9.28. The fraction of sp³-hybridized carbons (Fsp3) is 0.375. The fourth-order valence-electron chi connectivity index (χ4n) is 5.09. The van der Waals surface area contributed by atoms with E-state index in [1.54, 1.807) is 40.1 Å². The molecule has 3 aliphatic heterocycles. The first-order chi connectivity index (χ1) is 15.0. The second kappa shape index (κ2) is 7.47. The third-order valence-corrected chi connectivity index (χ3v) is 6.69. The van der Waals surface area contributed by atoms with Crippen LogP contribution in [0.2, 0.25) is 0 Å². The normalized spacial score (nSPS) is 24.3. The molecule has 3 heterocycles. The highest BCUT2D eigenvalue weighted by Gasteiger charge is 2.58. The first-order valence-corrected chi connectivity index (χ1v) is 10.6. The van der Waals surface area contributed by atoms with Gasteiger partial charge in [-0.05, 0) is 42.7 Å². The molecule has 31 heavy (non-hydrogen) atoms. The van der Waals surface area contributed by atoms with Gasteiger partial charge in [-0.1, -0.05) is 24.3 Å². The molecule has 0 aliphatic carbocycles. The molecule has 0 aromatic heterocycles. The summed E-state index contributed by atoms with van der Waals surface area (Å²) in [5.74, 6) is -0.572. The number of nitrogens with zero attached hydrogens (tertiary/aromatic N) is 3. The Morgan fingerprint density at radius 1 is 1.13 bits per heavy atom. The van der Waals surface area contributed by atoms with Crippen molar-refractivity contribution in [3.63, 3.8) is 0 Å². The quantitative estimate of drug-likeness (QED) is 0.748. The Bertz CT molecular complexity index is 1090. The maximum absolute atomic E-state index is 13.7. The van der Waals surface area contributed by atoms with E-state index in [1.165, 1.54) is 12.1 Å². The Morgan fingerprint density at radius 3 is 2.65 bits per heavy atom. The third kappa shape index (κ3) is 3.19. The van der Waals surface area contributed by atoms with Crippen molar-refractivity contribution >= 4 is 11.8 Å². The molecule has 6 nitrogen and oxygen atoms in total. The van der Waals surface area contributed by atoms with Gasteiger partial charge in [0.05, 0.1) is 23.2 Å². The summed E-state index contributed by atoms with van der Waals surface area (Å²) in [6.07, 6.45) is 1.98. The number of likely N-dealkylation sites (tertiary alicyclic amines) is 1. The molecular weight excluding hydrogens is 397 g/mol. The topological polar surface area (TPSA) is 73.6 Å². The predicted octanol–water partition coefficient (Wildman–Crippen LogP) is 3.39. The van der Waals surface area contributed by atoms with Gasteiger partial charge in [0.15, 0.2) is 5.60 Å². The molecule has 5 rings (SSSR count). The van der Waals surface area contributed by atoms with Gasteiger partial charge >= 0.3 is 0 Å². The maximum atomic E-state index is 13.7. The van der Waals surface area contributed by atoms with E-state index in [9.17, 15) is 19.2 Å². The Kier molecular flexibility index (Phi) is 4.75. The third-order valence-electron chi connectivity index (χ3n) is 6.69. The van der Waals surface area contributed by atoms with Crippen LogP contribution in [0.15, 0.2) is 48.5 Å². The number of piperidine rings is 1. The zero-order valence-electron chi connectivity index (χ0n) is 17.0. The van der Waals surface area contributed by atoms with E-state index in [0.29, 0.717) is 43.5 Å². The van der Waals surface area contributed by atoms with Crippen molar-refractivity contribution in [2.45, 2.75) is 43.6 Å². The summed E-state index contributed by atoms with van der Waals surface area (Å²) >= 11 is 0. The molecule has 3 saturated heterocycles. The monoisotopic (exact) mass is 419 g/mol. The van der Waals surface area contributed by atoms with E-state index in [2.05, 4.69) is 6.07 Å². The molecule has 0 N–H and O–H groups in total. The van der Waals surface area contributed by atoms with Gasteiger partial charge in [-0.2, -0.15) is 5.26 Å². The zero-order valence-corrected chi connectivity index (χ0v) is 17.0. The van der Waals surface area contributed by atoms with Crippen LogP contribution in [0, 0.1) is 17.1 Å². The Labute approximate surface area is 179 Å². The van der Waals surface area contributed by atoms with Crippen molar-refractivity contribution in [2.75, 3.05) is 13.1 Å². The number of halogens is 1. The van der Waals surface area contributed by atoms with Crippen molar-refractivity contribution < 1.29 is 18.7 Å². The average Bonchev–Trinajstić information content (AvgIpc) is 3.32. The van der Waals surface area contributed by atoms with Gasteiger partial charge in [-0.25, -0.2) is 4.39 Å². The van der Waals surface area contributed by atoms with Crippen LogP contribution in [0.1, 0.15) is 53.2 Å². The lowest BCUT2D eigenvalue weighted by atomic mass is 9.89. The first-order valence-electron chi connectivity index (χ1n) is 10.6. The number of ether oxygens (including phenoxy) is 1. The van der Waals surface area contributed by atoms with E-state index >= 15 is 0 Å². The highest BCUT2D eigenvalue weighted by atomic mass is 19.1. The van der Waals surface area contributed by atoms with Gasteiger partial charge in [-0.3, -0.25) is 9.59 Å². The van der Waals surface area contributed by atoms with Crippen LogP contribution in [0.4, 0.5) is 4.39 Å². The molecule has 2 aromatic rings. The fourth-order valence-corrected chi connectivity index (χ4v) is 5.09. The van der Waals surface area contributed by atoms with Crippen LogP contribution in [-0.2, 0) is 9.53 Å². The molecule has 0 saturated carbocycles. The summed E-state index contributed by atoms with van der Waals surface area (Å²) < 4.78 is 20.0. The predicted molar refractivity (Wildman–Crippen MR) is 109 cm³/mol. The molecule has 3 aliphatic rings. The second-order valence-corrected chi connectivity index (χ2v) is 8.38. The zero-order chi connectivity index (χ0) is 21.6. The number of rotatable bonds is 2. The summed E-state index contributed by atoms with van der Waals surface area (Å²) in [6, 6.07) is 15.0. The second-order valence-electron chi connectivity index (χ2n) is 8.38. The minimum absolute atomic E-state index is 0.0613. The number of fused-ring (bicyclic) bond motifs is 1. The highest BCUT2D eigenvalue weighted by molar-refractivity contribution is 5.97. The van der Waals surface area contributed by atoms with E-state index in [0.717, 1.165) is 12.0 Å². The van der Waals surface area contributed by atoms with Crippen LogP contribution < -0.4 is 0 Å². The maximum Gasteiger partial charge on any atom is 0.257 e. The first kappa shape index (κ1) is 19.7. The molecule has 0 radical (unpaired) electrons. The molecular formula is C24H22FN3O3. The van der Waals surface area contributed by atoms with Gasteiger partial charge in [0.1, 0.15) is 12.0 Å². The molecule has 7 heteroatoms. The molecule has 0 bridgehead atoms. The molecule has 0 unspecified atom stereocenters. The molecule has 3 fully saturated rings. The van der Waals surface area contributed by atoms with Crippen LogP contribution in [0.3, 0.4) is 0 Å². The number of hydrogen-bond acceptors (Lipinski definition) is 4. The van der Waals surface area contributed by atoms with Crippen molar-refractivity contribution in [2.24, 2.45) is 0 Å². The van der Waals surface area contributed by atoms with Gasteiger partial charge in [0.2, 0.25) is 0 Å². The number of carbonyl (C=O) groups is 2. The molecule has 2 amide bonds. The Hall–Kier alpha value is -3.24. The van der Waals surface area contributed by atoms with Crippen LogP contribution in [-0.4, -0.2) is 46.5 Å². The number of benzene rings is 2. The smallest absolute Gasteiger partial charge is 0.257 e. The molecule has 2 aromatic carbocycles. The van der Waals surface area contributed by atoms with Crippen LogP contribution in [0.25, 0.3) is 0 Å². The largest absolute Gasteiger partial charge is 0.342 e. The van der Waals surface area contributed by atoms with E-state index < -0.39 is 5.60 Å². The summed E-state index contributed by atoms with van der Waals surface area (Å²) in [4.78, 5) is 29.8. The van der Waals surface area contributed by atoms with Crippen LogP contribution in [0.5, 0.6) is 0 Å². The number of hydrogen-bond donors (Lipinski definition) is 0. The van der Waals surface area contributed by atoms with Crippen molar-refractivity contribution in [3.8, 4) is 6.07 Å². The lowest BCUT2D eigenvalue weighted by molar-refractivity contribution is -0.142. The standard InChI is InChI=1S/C24H22FN3O3/c25-18-6-3-5-16(14-18)20-8-9-21-28(20)23(30)24(31-21)10-12-27(13-11-24)22(29)19-7-2-1-4-17(19)15-26/h1-7,14,20-21H,8-13H2/t20-,21+/m0/s1. The van der Waals surface area contributed by atoms with Crippen molar-refractivity contribution in [3.05, 3.63) is 71.0 Å². The minimum Gasteiger partial charge on any atom is -0.342 e.